The molecule has 0 aliphatic carbocycles. The fourth-order valence-corrected chi connectivity index (χ4v) is 2.96. The van der Waals surface area contributed by atoms with Crippen molar-refractivity contribution in [3.63, 3.8) is 0 Å². The van der Waals surface area contributed by atoms with Crippen molar-refractivity contribution in [1.82, 2.24) is 10.3 Å². The number of aromatic nitrogens is 1. The molecule has 3 nitrogen and oxygen atoms in total. The molecule has 1 aromatic carbocycles. The number of fused-ring (bicyclic) bond motifs is 1. The van der Waals surface area contributed by atoms with Gasteiger partial charge in [0.25, 0.3) is 0 Å². The summed E-state index contributed by atoms with van der Waals surface area (Å²) >= 11 is 1.73. The van der Waals surface area contributed by atoms with Crippen molar-refractivity contribution in [3.05, 3.63) is 24.3 Å². The van der Waals surface area contributed by atoms with Gasteiger partial charge in [-0.1, -0.05) is 23.5 Å². The van der Waals surface area contributed by atoms with E-state index in [4.69, 9.17) is 0 Å². The monoisotopic (exact) mass is 233 g/mol. The van der Waals surface area contributed by atoms with Crippen LogP contribution in [0.4, 0.5) is 5.13 Å². The summed E-state index contributed by atoms with van der Waals surface area (Å²) in [6, 6.07) is 8.89. The minimum atomic E-state index is 0.618. The summed E-state index contributed by atoms with van der Waals surface area (Å²) in [5.74, 6) is 0. The SMILES string of the molecule is c1ccc2sc(NCC3CCCN3)nc2c1. The molecule has 0 saturated carbocycles. The number of hydrogen-bond donors (Lipinski definition) is 2. The Balaban J connectivity index is 1.69. The van der Waals surface area contributed by atoms with Gasteiger partial charge in [0.1, 0.15) is 0 Å². The predicted molar refractivity (Wildman–Crippen MR) is 69.1 cm³/mol. The first-order valence-electron chi connectivity index (χ1n) is 5.75. The zero-order valence-electron chi connectivity index (χ0n) is 9.07. The highest BCUT2D eigenvalue weighted by atomic mass is 32.1. The van der Waals surface area contributed by atoms with Crippen LogP contribution < -0.4 is 10.6 Å². The van der Waals surface area contributed by atoms with Crippen LogP contribution in [0.2, 0.25) is 0 Å². The van der Waals surface area contributed by atoms with Crippen LogP contribution >= 0.6 is 11.3 Å². The second-order valence-electron chi connectivity index (χ2n) is 4.16. The van der Waals surface area contributed by atoms with E-state index in [-0.39, 0.29) is 0 Å². The van der Waals surface area contributed by atoms with Crippen LogP contribution in [-0.2, 0) is 0 Å². The number of nitrogens with zero attached hydrogens (tertiary/aromatic N) is 1. The van der Waals surface area contributed by atoms with E-state index in [1.54, 1.807) is 11.3 Å². The number of rotatable bonds is 3. The molecule has 3 rings (SSSR count). The Morgan fingerprint density at radius 3 is 3.19 bits per heavy atom. The minimum Gasteiger partial charge on any atom is -0.360 e. The first kappa shape index (κ1) is 10.1. The van der Waals surface area contributed by atoms with Gasteiger partial charge in [0.2, 0.25) is 0 Å². The molecular formula is C12H15N3S. The van der Waals surface area contributed by atoms with E-state index in [1.807, 2.05) is 6.07 Å². The van der Waals surface area contributed by atoms with Crippen molar-refractivity contribution in [2.45, 2.75) is 18.9 Å². The topological polar surface area (TPSA) is 37.0 Å². The fourth-order valence-electron chi connectivity index (χ4n) is 2.09. The van der Waals surface area contributed by atoms with Gasteiger partial charge in [0.15, 0.2) is 5.13 Å². The number of para-hydroxylation sites is 1. The zero-order valence-corrected chi connectivity index (χ0v) is 9.89. The van der Waals surface area contributed by atoms with Crippen LogP contribution in [0.1, 0.15) is 12.8 Å². The Labute approximate surface area is 98.9 Å². The molecule has 1 atom stereocenters. The van der Waals surface area contributed by atoms with E-state index < -0.39 is 0 Å². The smallest absolute Gasteiger partial charge is 0.183 e. The molecule has 0 bridgehead atoms. The molecule has 1 aromatic heterocycles. The van der Waals surface area contributed by atoms with E-state index in [0.717, 1.165) is 23.7 Å². The third kappa shape index (κ3) is 2.03. The van der Waals surface area contributed by atoms with Crippen molar-refractivity contribution in [2.24, 2.45) is 0 Å². The van der Waals surface area contributed by atoms with Crippen LogP contribution in [-0.4, -0.2) is 24.1 Å². The lowest BCUT2D eigenvalue weighted by molar-refractivity contribution is 0.633. The Bertz CT molecular complexity index is 441. The van der Waals surface area contributed by atoms with E-state index in [1.165, 1.54) is 17.5 Å². The maximum absolute atomic E-state index is 4.55. The van der Waals surface area contributed by atoms with Crippen LogP contribution in [0.15, 0.2) is 24.3 Å². The van der Waals surface area contributed by atoms with Crippen LogP contribution in [0.25, 0.3) is 10.2 Å². The largest absolute Gasteiger partial charge is 0.360 e. The molecule has 1 fully saturated rings. The standard InChI is InChI=1S/C12H15N3S/c1-2-6-11-10(5-1)15-12(16-11)14-8-9-4-3-7-13-9/h1-2,5-6,9,13H,3-4,7-8H2,(H,14,15). The molecule has 1 saturated heterocycles. The van der Waals surface area contributed by atoms with Gasteiger partial charge in [-0.25, -0.2) is 4.98 Å². The van der Waals surface area contributed by atoms with Gasteiger partial charge in [-0.05, 0) is 31.5 Å². The maximum Gasteiger partial charge on any atom is 0.183 e. The quantitative estimate of drug-likeness (QED) is 0.855. The van der Waals surface area contributed by atoms with Gasteiger partial charge in [-0.15, -0.1) is 0 Å². The normalized spacial score (nSPS) is 20.4. The summed E-state index contributed by atoms with van der Waals surface area (Å²) < 4.78 is 1.25. The van der Waals surface area contributed by atoms with Crippen LogP contribution in [0.5, 0.6) is 0 Å². The summed E-state index contributed by atoms with van der Waals surface area (Å²) in [5, 5.41) is 7.93. The molecule has 2 aromatic rings. The Morgan fingerprint density at radius 1 is 1.44 bits per heavy atom. The maximum atomic E-state index is 4.55. The summed E-state index contributed by atoms with van der Waals surface area (Å²) in [7, 11) is 0. The average Bonchev–Trinajstić information content (AvgIpc) is 2.95. The molecule has 16 heavy (non-hydrogen) atoms. The third-order valence-electron chi connectivity index (χ3n) is 2.96. The molecular weight excluding hydrogens is 218 g/mol. The summed E-state index contributed by atoms with van der Waals surface area (Å²) in [6.45, 7) is 2.14. The predicted octanol–water partition coefficient (Wildman–Crippen LogP) is 2.46. The molecule has 1 aliphatic rings. The van der Waals surface area contributed by atoms with Crippen molar-refractivity contribution >= 4 is 26.7 Å². The number of benzene rings is 1. The lowest BCUT2D eigenvalue weighted by Crippen LogP contribution is -2.29. The van der Waals surface area contributed by atoms with Gasteiger partial charge in [0.05, 0.1) is 10.2 Å². The number of thiazole rings is 1. The van der Waals surface area contributed by atoms with E-state index in [2.05, 4.69) is 33.8 Å². The fraction of sp³-hybridized carbons (Fsp3) is 0.417. The van der Waals surface area contributed by atoms with E-state index in [0.29, 0.717) is 6.04 Å². The lowest BCUT2D eigenvalue weighted by atomic mass is 10.2. The van der Waals surface area contributed by atoms with Gasteiger partial charge in [0, 0.05) is 12.6 Å². The second-order valence-corrected chi connectivity index (χ2v) is 5.19. The molecule has 84 valence electrons. The second kappa shape index (κ2) is 4.39. The van der Waals surface area contributed by atoms with Crippen molar-refractivity contribution in [3.8, 4) is 0 Å². The zero-order chi connectivity index (χ0) is 10.8. The summed E-state index contributed by atoms with van der Waals surface area (Å²) in [6.07, 6.45) is 2.57. The average molecular weight is 233 g/mol. The van der Waals surface area contributed by atoms with Crippen molar-refractivity contribution in [1.29, 1.82) is 0 Å². The lowest BCUT2D eigenvalue weighted by Gasteiger charge is -2.09. The Hall–Kier alpha value is -1.13. The summed E-state index contributed by atoms with van der Waals surface area (Å²) in [4.78, 5) is 4.55. The van der Waals surface area contributed by atoms with Crippen molar-refractivity contribution < 1.29 is 0 Å². The molecule has 1 unspecified atom stereocenters. The third-order valence-corrected chi connectivity index (χ3v) is 3.95. The molecule has 0 spiro atoms. The first-order valence-corrected chi connectivity index (χ1v) is 6.56. The van der Waals surface area contributed by atoms with Gasteiger partial charge in [-0.3, -0.25) is 0 Å². The number of hydrogen-bond acceptors (Lipinski definition) is 4. The molecule has 0 radical (unpaired) electrons. The van der Waals surface area contributed by atoms with Crippen LogP contribution in [0, 0.1) is 0 Å². The molecule has 4 heteroatoms. The molecule has 2 heterocycles. The van der Waals surface area contributed by atoms with E-state index >= 15 is 0 Å². The Morgan fingerprint density at radius 2 is 2.38 bits per heavy atom. The highest BCUT2D eigenvalue weighted by Crippen LogP contribution is 2.25. The molecule has 2 N–H and O–H groups in total. The highest BCUT2D eigenvalue weighted by molar-refractivity contribution is 7.22. The summed E-state index contributed by atoms with van der Waals surface area (Å²) in [5.41, 5.74) is 1.09. The Kier molecular flexibility index (Phi) is 2.76. The van der Waals surface area contributed by atoms with Gasteiger partial charge < -0.3 is 10.6 Å². The first-order chi connectivity index (χ1) is 7.92. The van der Waals surface area contributed by atoms with E-state index in [9.17, 15) is 0 Å². The molecule has 1 aliphatic heterocycles. The number of anilines is 1. The van der Waals surface area contributed by atoms with Crippen LogP contribution in [0.3, 0.4) is 0 Å². The van der Waals surface area contributed by atoms with Gasteiger partial charge >= 0.3 is 0 Å². The van der Waals surface area contributed by atoms with Gasteiger partial charge in [-0.2, -0.15) is 0 Å². The molecule has 0 amide bonds. The number of nitrogens with one attached hydrogen (secondary N) is 2. The van der Waals surface area contributed by atoms with Crippen molar-refractivity contribution in [2.75, 3.05) is 18.4 Å². The highest BCUT2D eigenvalue weighted by Gasteiger charge is 2.13. The minimum absolute atomic E-state index is 0.618.